The molecule has 3 heterocycles. The van der Waals surface area contributed by atoms with Crippen molar-refractivity contribution in [3.8, 4) is 22.9 Å². The van der Waals surface area contributed by atoms with Crippen LogP contribution in [0.5, 0.6) is 11.5 Å². The number of aryl methyl sites for hydroxylation is 2. The molecule has 4 bridgehead atoms. The van der Waals surface area contributed by atoms with E-state index >= 15 is 8.78 Å². The van der Waals surface area contributed by atoms with Crippen LogP contribution in [0, 0.1) is 17.6 Å². The summed E-state index contributed by atoms with van der Waals surface area (Å²) in [6.45, 7) is 3.90. The number of fused-ring (bicyclic) bond motifs is 8. The Hall–Kier alpha value is -3.67. The van der Waals surface area contributed by atoms with Crippen LogP contribution in [-0.2, 0) is 41.3 Å². The first kappa shape index (κ1) is 32.3. The third kappa shape index (κ3) is 6.59. The molecule has 3 unspecified atom stereocenters. The second-order valence-electron chi connectivity index (χ2n) is 12.0. The predicted octanol–water partition coefficient (Wildman–Crippen LogP) is 7.15. The van der Waals surface area contributed by atoms with Gasteiger partial charge < -0.3 is 19.1 Å². The quantitative estimate of drug-likeness (QED) is 0.162. The molecular formula is C35H36F2N4O3S2. The fourth-order valence-corrected chi connectivity index (χ4v) is 8.59. The molecule has 240 valence electrons. The fourth-order valence-electron chi connectivity index (χ4n) is 5.99. The van der Waals surface area contributed by atoms with Gasteiger partial charge in [-0.05, 0) is 60.9 Å². The predicted molar refractivity (Wildman–Crippen MR) is 180 cm³/mol. The third-order valence-electron chi connectivity index (χ3n) is 8.66. The molecule has 1 aliphatic heterocycles. The molecule has 0 amide bonds. The maximum atomic E-state index is 15.5. The Morgan fingerprint density at radius 3 is 2.83 bits per heavy atom. The molecule has 11 heteroatoms. The number of thioether (sulfide) groups is 1. The Morgan fingerprint density at radius 2 is 2.00 bits per heavy atom. The number of aromatic amines is 1. The number of nitrogens with one attached hydrogen (secondary N) is 1. The van der Waals surface area contributed by atoms with E-state index in [1.54, 1.807) is 25.0 Å². The minimum atomic E-state index is -1.11. The van der Waals surface area contributed by atoms with E-state index < -0.39 is 28.2 Å². The van der Waals surface area contributed by atoms with Gasteiger partial charge >= 0.3 is 0 Å². The van der Waals surface area contributed by atoms with Gasteiger partial charge in [-0.2, -0.15) is 16.9 Å². The summed E-state index contributed by atoms with van der Waals surface area (Å²) in [4.78, 5) is 19.3. The van der Waals surface area contributed by atoms with E-state index in [1.807, 2.05) is 38.1 Å². The lowest BCUT2D eigenvalue weighted by Crippen LogP contribution is -2.30. The van der Waals surface area contributed by atoms with Crippen molar-refractivity contribution >= 4 is 40.1 Å². The molecule has 0 radical (unpaired) electrons. The molecule has 7 nitrogen and oxygen atoms in total. The molecule has 46 heavy (non-hydrogen) atoms. The summed E-state index contributed by atoms with van der Waals surface area (Å²) in [5, 5.41) is 5.64. The number of nitrogens with zero attached hydrogens (tertiary/aromatic N) is 3. The number of rotatable bonds is 4. The van der Waals surface area contributed by atoms with Crippen LogP contribution >= 0.6 is 11.8 Å². The van der Waals surface area contributed by atoms with Gasteiger partial charge in [0.1, 0.15) is 29.4 Å². The van der Waals surface area contributed by atoms with Gasteiger partial charge in [0, 0.05) is 53.9 Å². The number of carbonyl (C=O) groups is 1. The Morgan fingerprint density at radius 1 is 1.15 bits per heavy atom. The maximum absolute atomic E-state index is 15.5. The first-order chi connectivity index (χ1) is 22.2. The summed E-state index contributed by atoms with van der Waals surface area (Å²) < 4.78 is 52.0. The molecule has 3 atom stereocenters. The number of benzene rings is 3. The van der Waals surface area contributed by atoms with Crippen molar-refractivity contribution < 1.29 is 22.9 Å². The van der Waals surface area contributed by atoms with E-state index in [-0.39, 0.29) is 28.8 Å². The molecule has 6 rings (SSSR count). The fraction of sp³-hybridized carbons (Fsp3) is 0.343. The zero-order chi connectivity index (χ0) is 32.4. The number of halogens is 2. The molecule has 0 fully saturated rings. The van der Waals surface area contributed by atoms with Gasteiger partial charge in [0.2, 0.25) is 0 Å². The monoisotopic (exact) mass is 662 g/mol. The smallest absolute Gasteiger partial charge is 0.168 e. The van der Waals surface area contributed by atoms with E-state index in [4.69, 9.17) is 14.8 Å². The summed E-state index contributed by atoms with van der Waals surface area (Å²) in [6.07, 6.45) is 4.35. The molecule has 0 aliphatic carbocycles. The van der Waals surface area contributed by atoms with Crippen molar-refractivity contribution in [2.24, 2.45) is 13.0 Å². The van der Waals surface area contributed by atoms with E-state index in [0.717, 1.165) is 28.4 Å². The molecule has 1 N–H and O–H groups in total. The average Bonchev–Trinajstić information content (AvgIpc) is 3.68. The van der Waals surface area contributed by atoms with Crippen LogP contribution in [0.25, 0.3) is 22.3 Å². The van der Waals surface area contributed by atoms with Crippen LogP contribution in [0.15, 0.2) is 60.8 Å². The second-order valence-corrected chi connectivity index (χ2v) is 15.0. The van der Waals surface area contributed by atoms with E-state index in [0.29, 0.717) is 53.6 Å². The number of carbonyl (C=O) groups excluding carboxylic acids is 1. The van der Waals surface area contributed by atoms with Gasteiger partial charge in [-0.3, -0.25) is 0 Å². The van der Waals surface area contributed by atoms with Gasteiger partial charge in [-0.1, -0.05) is 42.4 Å². The highest BCUT2D eigenvalue weighted by Crippen LogP contribution is 2.39. The summed E-state index contributed by atoms with van der Waals surface area (Å²) in [6, 6.07) is 15.6. The molecule has 2 aromatic heterocycles. The number of hydrogen-bond donors (Lipinski definition) is 1. The van der Waals surface area contributed by atoms with Gasteiger partial charge in [-0.25, -0.2) is 18.4 Å². The highest BCUT2D eigenvalue weighted by molar-refractivity contribution is 8.00. The van der Waals surface area contributed by atoms with Gasteiger partial charge in [-0.15, -0.1) is 0 Å². The average molecular weight is 663 g/mol. The van der Waals surface area contributed by atoms with Crippen LogP contribution in [0.4, 0.5) is 8.78 Å². The van der Waals surface area contributed by atoms with Crippen molar-refractivity contribution in [3.63, 3.8) is 0 Å². The summed E-state index contributed by atoms with van der Waals surface area (Å²) in [7, 11) is 1.71. The van der Waals surface area contributed by atoms with Crippen molar-refractivity contribution in [2.45, 2.75) is 38.5 Å². The number of H-pyrrole nitrogens is 1. The number of hydrogen-bond acceptors (Lipinski definition) is 6. The minimum absolute atomic E-state index is 0.102. The third-order valence-corrected chi connectivity index (χ3v) is 11.2. The SMILES string of the molecule is CC(C=O)Cc1cccc(C2(C)CC[S+]([O-])CCSCCc3c(c(F)cc4[nH]ccc34)Oc3ccc(F)c(c3)-c3nc2nn3C)c1. The molecule has 0 saturated heterocycles. The van der Waals surface area contributed by atoms with Gasteiger partial charge in [0.25, 0.3) is 0 Å². The van der Waals surface area contributed by atoms with E-state index in [9.17, 15) is 9.35 Å². The zero-order valence-corrected chi connectivity index (χ0v) is 27.6. The molecular weight excluding hydrogens is 627 g/mol. The number of aromatic nitrogens is 4. The van der Waals surface area contributed by atoms with Crippen molar-refractivity contribution in [1.29, 1.82) is 0 Å². The van der Waals surface area contributed by atoms with Crippen molar-refractivity contribution in [2.75, 3.05) is 23.0 Å². The maximum Gasteiger partial charge on any atom is 0.168 e. The molecule has 5 aromatic rings. The summed E-state index contributed by atoms with van der Waals surface area (Å²) >= 11 is 0.560. The molecule has 1 aliphatic rings. The highest BCUT2D eigenvalue weighted by Gasteiger charge is 2.36. The first-order valence-electron chi connectivity index (χ1n) is 15.3. The molecule has 0 saturated carbocycles. The Labute approximate surface area is 274 Å². The normalized spacial score (nSPS) is 19.9. The zero-order valence-electron chi connectivity index (χ0n) is 26.0. The van der Waals surface area contributed by atoms with Crippen LogP contribution in [-0.4, -0.2) is 53.6 Å². The topological polar surface area (TPSA) is 95.9 Å². The van der Waals surface area contributed by atoms with Gasteiger partial charge in [0.05, 0.1) is 11.0 Å². The minimum Gasteiger partial charge on any atom is -0.616 e. The summed E-state index contributed by atoms with van der Waals surface area (Å²) in [5.41, 5.74) is 2.75. The van der Waals surface area contributed by atoms with Gasteiger partial charge in [0.15, 0.2) is 23.2 Å². The van der Waals surface area contributed by atoms with Crippen LogP contribution in [0.1, 0.15) is 42.8 Å². The van der Waals surface area contributed by atoms with Crippen molar-refractivity contribution in [3.05, 3.63) is 94.9 Å². The van der Waals surface area contributed by atoms with Crippen LogP contribution < -0.4 is 4.74 Å². The largest absolute Gasteiger partial charge is 0.616 e. The lowest BCUT2D eigenvalue weighted by Gasteiger charge is -2.28. The Kier molecular flexibility index (Phi) is 9.54. The highest BCUT2D eigenvalue weighted by atomic mass is 32.2. The van der Waals surface area contributed by atoms with E-state index in [2.05, 4.69) is 11.1 Å². The first-order valence-corrected chi connectivity index (χ1v) is 18.0. The van der Waals surface area contributed by atoms with Crippen LogP contribution in [0.3, 0.4) is 0 Å². The number of aldehydes is 1. The Bertz CT molecular complexity index is 1880. The van der Waals surface area contributed by atoms with E-state index in [1.165, 1.54) is 28.9 Å². The van der Waals surface area contributed by atoms with Crippen LogP contribution in [0.2, 0.25) is 0 Å². The molecule has 0 spiro atoms. The Balaban J connectivity index is 1.46. The molecule has 3 aromatic carbocycles. The van der Waals surface area contributed by atoms with Crippen molar-refractivity contribution in [1.82, 2.24) is 19.7 Å². The second kappa shape index (κ2) is 13.6. The lowest BCUT2D eigenvalue weighted by atomic mass is 9.78. The lowest BCUT2D eigenvalue weighted by molar-refractivity contribution is -0.110. The summed E-state index contributed by atoms with van der Waals surface area (Å²) in [5.74, 6) is 2.29. The standard InChI is InChI=1S/C35H36F2N4O3S2/c1-22(21-42)17-23-5-4-6-24(18-23)35(2)11-15-46(43)16-14-45-13-10-27-26-9-12-38-31(26)20-30(37)32(27)44-25-7-8-29(36)28(19-25)33-39-34(35)40-41(33)3/h4-9,12,18-22,38H,10-11,13-17H2,1-3H3. The number of ether oxygens (including phenoxy) is 1.